The van der Waals surface area contributed by atoms with Gasteiger partial charge in [0.15, 0.2) is 10.8 Å². The van der Waals surface area contributed by atoms with E-state index in [-0.39, 0.29) is 25.1 Å². The molecule has 1 aromatic carbocycles. The number of likely N-dealkylation sites (tertiary alicyclic amines) is 1. The van der Waals surface area contributed by atoms with Crippen LogP contribution in [0.25, 0.3) is 0 Å². The molecule has 198 valence electrons. The standard InChI is InChI=1S/C25H27ClF2N4O4S/c1-3-36-24(35)19-18(12-32-13-25(27,28)11-15(32)10-14(2)23(33)34)30-21(22-29-8-9-37-22)31-20(19)16-6-4-5-7-17(16)26/h4-9,14-15,20H,3,10-13H2,1-2H3,(H,30,31)(H,33,34)/t14?,15-,20+/m1/s1. The highest BCUT2D eigenvalue weighted by molar-refractivity contribution is 7.11. The van der Waals surface area contributed by atoms with E-state index in [1.54, 1.807) is 42.8 Å². The average molecular weight is 553 g/mol. The van der Waals surface area contributed by atoms with Crippen LogP contribution in [0, 0.1) is 5.92 Å². The van der Waals surface area contributed by atoms with Gasteiger partial charge in [0.1, 0.15) is 6.04 Å². The van der Waals surface area contributed by atoms with Crippen molar-refractivity contribution in [3.05, 3.63) is 62.7 Å². The number of carboxylic acid groups (broad SMARTS) is 1. The second kappa shape index (κ2) is 11.2. The van der Waals surface area contributed by atoms with Crippen LogP contribution >= 0.6 is 22.9 Å². The molecule has 1 unspecified atom stereocenters. The first kappa shape index (κ1) is 27.2. The van der Waals surface area contributed by atoms with Gasteiger partial charge in [-0.3, -0.25) is 14.7 Å². The highest BCUT2D eigenvalue weighted by Gasteiger charge is 2.46. The molecule has 0 saturated carbocycles. The lowest BCUT2D eigenvalue weighted by Crippen LogP contribution is -2.42. The molecule has 2 N–H and O–H groups in total. The van der Waals surface area contributed by atoms with Crippen molar-refractivity contribution in [3.8, 4) is 0 Å². The summed E-state index contributed by atoms with van der Waals surface area (Å²) in [4.78, 5) is 35.3. The minimum absolute atomic E-state index is 0.0499. The summed E-state index contributed by atoms with van der Waals surface area (Å²) in [5.74, 6) is -5.10. The van der Waals surface area contributed by atoms with E-state index in [1.165, 1.54) is 23.2 Å². The van der Waals surface area contributed by atoms with Crippen molar-refractivity contribution in [1.29, 1.82) is 0 Å². The van der Waals surface area contributed by atoms with Gasteiger partial charge in [0.2, 0.25) is 0 Å². The Bertz CT molecular complexity index is 1220. The number of ether oxygens (including phenoxy) is 1. The molecule has 1 fully saturated rings. The maximum Gasteiger partial charge on any atom is 0.338 e. The van der Waals surface area contributed by atoms with Gasteiger partial charge in [-0.25, -0.2) is 18.6 Å². The zero-order chi connectivity index (χ0) is 26.7. The van der Waals surface area contributed by atoms with E-state index in [0.29, 0.717) is 27.1 Å². The minimum Gasteiger partial charge on any atom is -0.481 e. The van der Waals surface area contributed by atoms with E-state index in [1.807, 2.05) is 0 Å². The zero-order valence-corrected chi connectivity index (χ0v) is 21.9. The Morgan fingerprint density at radius 2 is 2.14 bits per heavy atom. The highest BCUT2D eigenvalue weighted by atomic mass is 35.5. The predicted octanol–water partition coefficient (Wildman–Crippen LogP) is 4.53. The topological polar surface area (TPSA) is 104 Å². The molecule has 0 spiro atoms. The Morgan fingerprint density at radius 1 is 1.38 bits per heavy atom. The Morgan fingerprint density at radius 3 is 2.78 bits per heavy atom. The van der Waals surface area contributed by atoms with Gasteiger partial charge >= 0.3 is 11.9 Å². The smallest absolute Gasteiger partial charge is 0.338 e. The fourth-order valence-corrected chi connectivity index (χ4v) is 5.46. The van der Waals surface area contributed by atoms with Gasteiger partial charge in [-0.1, -0.05) is 36.7 Å². The molecule has 0 aliphatic carbocycles. The van der Waals surface area contributed by atoms with E-state index in [9.17, 15) is 23.5 Å². The number of aliphatic imine (C=N–C) groups is 1. The Hall–Kier alpha value is -2.89. The van der Waals surface area contributed by atoms with Crippen molar-refractivity contribution in [3.63, 3.8) is 0 Å². The number of amidine groups is 1. The first-order valence-corrected chi connectivity index (χ1v) is 13.1. The minimum atomic E-state index is -2.99. The second-order valence-corrected chi connectivity index (χ2v) is 10.4. The number of benzene rings is 1. The van der Waals surface area contributed by atoms with E-state index in [2.05, 4.69) is 10.3 Å². The zero-order valence-electron chi connectivity index (χ0n) is 20.3. The molecule has 8 nitrogen and oxygen atoms in total. The van der Waals surface area contributed by atoms with E-state index in [4.69, 9.17) is 21.3 Å². The highest BCUT2D eigenvalue weighted by Crippen LogP contribution is 2.39. The number of rotatable bonds is 9. The van der Waals surface area contributed by atoms with Crippen LogP contribution in [-0.4, -0.2) is 64.4 Å². The van der Waals surface area contributed by atoms with Gasteiger partial charge in [0, 0.05) is 46.9 Å². The molecule has 2 aliphatic heterocycles. The van der Waals surface area contributed by atoms with E-state index in [0.717, 1.165) is 0 Å². The molecular weight excluding hydrogens is 526 g/mol. The van der Waals surface area contributed by atoms with Crippen molar-refractivity contribution in [2.24, 2.45) is 10.9 Å². The number of hydrogen-bond donors (Lipinski definition) is 2. The number of aliphatic carboxylic acids is 1. The first-order chi connectivity index (χ1) is 17.6. The quantitative estimate of drug-likeness (QED) is 0.441. The summed E-state index contributed by atoms with van der Waals surface area (Å²) < 4.78 is 34.5. The molecule has 12 heteroatoms. The van der Waals surface area contributed by atoms with Crippen molar-refractivity contribution in [1.82, 2.24) is 15.2 Å². The number of carbonyl (C=O) groups excluding carboxylic acids is 1. The third kappa shape index (κ3) is 6.16. The van der Waals surface area contributed by atoms with Crippen LogP contribution in [0.4, 0.5) is 8.78 Å². The molecule has 3 atom stereocenters. The first-order valence-electron chi connectivity index (χ1n) is 11.8. The number of alkyl halides is 2. The molecule has 0 amide bonds. The lowest BCUT2D eigenvalue weighted by molar-refractivity contribution is -0.142. The number of thiazole rings is 1. The molecule has 2 aliphatic rings. The van der Waals surface area contributed by atoms with Gasteiger partial charge in [0.25, 0.3) is 5.92 Å². The summed E-state index contributed by atoms with van der Waals surface area (Å²) in [7, 11) is 0. The number of nitrogens with zero attached hydrogens (tertiary/aromatic N) is 3. The van der Waals surface area contributed by atoms with Crippen LogP contribution < -0.4 is 5.32 Å². The number of carboxylic acids is 1. The van der Waals surface area contributed by atoms with Crippen LogP contribution in [0.15, 0.2) is 52.1 Å². The summed E-state index contributed by atoms with van der Waals surface area (Å²) in [6, 6.07) is 5.41. The van der Waals surface area contributed by atoms with Crippen LogP contribution in [0.1, 0.15) is 43.3 Å². The van der Waals surface area contributed by atoms with Crippen molar-refractivity contribution in [2.75, 3.05) is 19.7 Å². The fourth-order valence-electron chi connectivity index (χ4n) is 4.63. The summed E-state index contributed by atoms with van der Waals surface area (Å²) >= 11 is 7.83. The number of aromatic nitrogens is 1. The summed E-state index contributed by atoms with van der Waals surface area (Å²) in [5, 5.41) is 15.2. The van der Waals surface area contributed by atoms with Crippen molar-refractivity contribution >= 4 is 40.7 Å². The summed E-state index contributed by atoms with van der Waals surface area (Å²) in [5.41, 5.74) is 1.06. The second-order valence-electron chi connectivity index (χ2n) is 9.07. The lowest BCUT2D eigenvalue weighted by atomic mass is 9.94. The van der Waals surface area contributed by atoms with Gasteiger partial charge in [0.05, 0.1) is 24.6 Å². The number of halogens is 3. The van der Waals surface area contributed by atoms with E-state index < -0.39 is 48.8 Å². The molecule has 1 aromatic heterocycles. The maximum atomic E-state index is 14.6. The fraction of sp³-hybridized carbons (Fsp3) is 0.440. The Labute approximate surface area is 222 Å². The van der Waals surface area contributed by atoms with E-state index >= 15 is 0 Å². The molecule has 4 rings (SSSR count). The Balaban J connectivity index is 1.79. The maximum absolute atomic E-state index is 14.6. The molecule has 0 radical (unpaired) electrons. The lowest BCUT2D eigenvalue weighted by Gasteiger charge is -2.31. The van der Waals surface area contributed by atoms with Crippen LogP contribution in [0.3, 0.4) is 0 Å². The molecule has 2 aromatic rings. The van der Waals surface area contributed by atoms with Crippen LogP contribution in [0.2, 0.25) is 5.02 Å². The molecular formula is C25H27ClF2N4O4S. The number of esters is 1. The van der Waals surface area contributed by atoms with Gasteiger partial charge in [-0.05, 0) is 19.4 Å². The summed E-state index contributed by atoms with van der Waals surface area (Å²) in [6.45, 7) is 2.65. The van der Waals surface area contributed by atoms with Gasteiger partial charge in [-0.2, -0.15) is 0 Å². The molecule has 3 heterocycles. The van der Waals surface area contributed by atoms with Crippen molar-refractivity contribution in [2.45, 2.75) is 44.7 Å². The SMILES string of the molecule is CCOC(=O)C1=C(CN2CC(F)(F)C[C@H]2CC(C)C(=O)O)NC(c2nccs2)=N[C@H]1c1ccccc1Cl. The third-order valence-electron chi connectivity index (χ3n) is 6.35. The number of carbonyl (C=O) groups is 2. The van der Waals surface area contributed by atoms with Gasteiger partial charge in [-0.15, -0.1) is 11.3 Å². The third-order valence-corrected chi connectivity index (χ3v) is 7.47. The number of hydrogen-bond acceptors (Lipinski definition) is 8. The van der Waals surface area contributed by atoms with Crippen LogP contribution in [0.5, 0.6) is 0 Å². The molecule has 1 saturated heterocycles. The Kier molecular flexibility index (Phi) is 8.25. The monoisotopic (exact) mass is 552 g/mol. The number of nitrogens with one attached hydrogen (secondary N) is 1. The van der Waals surface area contributed by atoms with Crippen molar-refractivity contribution < 1.29 is 28.2 Å². The summed E-state index contributed by atoms with van der Waals surface area (Å²) in [6.07, 6.45) is 1.20. The molecule has 37 heavy (non-hydrogen) atoms. The van der Waals surface area contributed by atoms with Crippen LogP contribution in [-0.2, 0) is 14.3 Å². The normalized spacial score (nSPS) is 22.4. The average Bonchev–Trinajstić information content (AvgIpc) is 3.47. The van der Waals surface area contributed by atoms with Gasteiger partial charge < -0.3 is 15.2 Å². The molecule has 0 bridgehead atoms. The predicted molar refractivity (Wildman–Crippen MR) is 136 cm³/mol. The largest absolute Gasteiger partial charge is 0.481 e.